The third-order valence-corrected chi connectivity index (χ3v) is 3.41. The normalized spacial score (nSPS) is 12.2. The first-order valence-corrected chi connectivity index (χ1v) is 6.42. The van der Waals surface area contributed by atoms with E-state index in [1.165, 1.54) is 25.3 Å². The Hall–Kier alpha value is -1.65. The van der Waals surface area contributed by atoms with Crippen LogP contribution in [0.1, 0.15) is 17.2 Å². The summed E-state index contributed by atoms with van der Waals surface area (Å²) in [5.74, 6) is -0.471. The van der Waals surface area contributed by atoms with Crippen LogP contribution in [0.3, 0.4) is 0 Å². The molecule has 2 N–H and O–H groups in total. The minimum absolute atomic E-state index is 0.274. The van der Waals surface area contributed by atoms with Crippen LogP contribution in [0.4, 0.5) is 8.78 Å². The Bertz CT molecular complexity index is 619. The van der Waals surface area contributed by atoms with E-state index in [-0.39, 0.29) is 17.0 Å². The molecule has 2 aromatic rings. The molecular formula is C15H14ClF2NO. The van der Waals surface area contributed by atoms with Crippen molar-refractivity contribution < 1.29 is 13.5 Å². The zero-order chi connectivity index (χ0) is 14.7. The molecule has 0 spiro atoms. The molecule has 106 valence electrons. The van der Waals surface area contributed by atoms with Crippen LogP contribution in [0.15, 0.2) is 36.4 Å². The van der Waals surface area contributed by atoms with Crippen molar-refractivity contribution in [1.29, 1.82) is 0 Å². The van der Waals surface area contributed by atoms with Crippen LogP contribution < -0.4 is 10.5 Å². The molecule has 5 heteroatoms. The molecule has 20 heavy (non-hydrogen) atoms. The van der Waals surface area contributed by atoms with E-state index in [4.69, 9.17) is 22.1 Å². The molecule has 0 bridgehead atoms. The van der Waals surface area contributed by atoms with Crippen LogP contribution >= 0.6 is 11.6 Å². The largest absolute Gasteiger partial charge is 0.496 e. The van der Waals surface area contributed by atoms with Crippen molar-refractivity contribution in [3.05, 3.63) is 64.2 Å². The predicted octanol–water partition coefficient (Wildman–Crippen LogP) is 3.87. The summed E-state index contributed by atoms with van der Waals surface area (Å²) < 4.78 is 32.0. The van der Waals surface area contributed by atoms with Gasteiger partial charge in [-0.15, -0.1) is 0 Å². The standard InChI is InChI=1S/C15H14ClF2NO/c1-20-14-4-2-3-12(18)15(14)13(19)7-9-5-6-10(17)8-11(9)16/h2-6,8,13H,7,19H2,1H3. The summed E-state index contributed by atoms with van der Waals surface area (Å²) in [7, 11) is 1.45. The molecule has 0 fully saturated rings. The molecule has 2 rings (SSSR count). The van der Waals surface area contributed by atoms with Crippen molar-refractivity contribution in [3.63, 3.8) is 0 Å². The van der Waals surface area contributed by atoms with E-state index in [0.717, 1.165) is 0 Å². The van der Waals surface area contributed by atoms with Gasteiger partial charge < -0.3 is 10.5 Å². The lowest BCUT2D eigenvalue weighted by Gasteiger charge is -2.17. The summed E-state index contributed by atoms with van der Waals surface area (Å²) in [4.78, 5) is 0. The highest BCUT2D eigenvalue weighted by molar-refractivity contribution is 6.31. The first kappa shape index (κ1) is 14.8. The zero-order valence-corrected chi connectivity index (χ0v) is 11.6. The van der Waals surface area contributed by atoms with Crippen LogP contribution in [0.25, 0.3) is 0 Å². The summed E-state index contributed by atoms with van der Waals surface area (Å²) in [6, 6.07) is 7.94. The smallest absolute Gasteiger partial charge is 0.131 e. The Balaban J connectivity index is 2.30. The van der Waals surface area contributed by atoms with Crippen molar-refractivity contribution in [3.8, 4) is 5.75 Å². The number of benzene rings is 2. The number of methoxy groups -OCH3 is 1. The summed E-state index contributed by atoms with van der Waals surface area (Å²) in [5, 5.41) is 0.274. The van der Waals surface area contributed by atoms with E-state index < -0.39 is 17.7 Å². The first-order chi connectivity index (χ1) is 9.52. The van der Waals surface area contributed by atoms with Gasteiger partial charge in [-0.1, -0.05) is 23.7 Å². The highest BCUT2D eigenvalue weighted by atomic mass is 35.5. The highest BCUT2D eigenvalue weighted by Crippen LogP contribution is 2.30. The lowest BCUT2D eigenvalue weighted by Crippen LogP contribution is -2.16. The summed E-state index contributed by atoms with van der Waals surface area (Å²) in [5.41, 5.74) is 6.98. The molecule has 0 aliphatic heterocycles. The number of hydrogen-bond acceptors (Lipinski definition) is 2. The summed E-state index contributed by atoms with van der Waals surface area (Å²) >= 11 is 5.95. The highest BCUT2D eigenvalue weighted by Gasteiger charge is 2.18. The first-order valence-electron chi connectivity index (χ1n) is 6.05. The van der Waals surface area contributed by atoms with E-state index in [1.807, 2.05) is 0 Å². The van der Waals surface area contributed by atoms with Gasteiger partial charge in [-0.25, -0.2) is 8.78 Å². The lowest BCUT2D eigenvalue weighted by molar-refractivity contribution is 0.399. The molecular weight excluding hydrogens is 284 g/mol. The van der Waals surface area contributed by atoms with Gasteiger partial charge in [0.2, 0.25) is 0 Å². The minimum atomic E-state index is -0.630. The quantitative estimate of drug-likeness (QED) is 0.930. The Labute approximate surface area is 121 Å². The van der Waals surface area contributed by atoms with Crippen molar-refractivity contribution in [2.45, 2.75) is 12.5 Å². The second kappa shape index (κ2) is 6.20. The average Bonchev–Trinajstić information content (AvgIpc) is 2.41. The zero-order valence-electron chi connectivity index (χ0n) is 10.9. The topological polar surface area (TPSA) is 35.2 Å². The third-order valence-electron chi connectivity index (χ3n) is 3.06. The Morgan fingerprint density at radius 3 is 2.65 bits per heavy atom. The predicted molar refractivity (Wildman–Crippen MR) is 75.0 cm³/mol. The van der Waals surface area contributed by atoms with Gasteiger partial charge in [0.05, 0.1) is 7.11 Å². The second-order valence-electron chi connectivity index (χ2n) is 4.40. The SMILES string of the molecule is COc1cccc(F)c1C(N)Cc1ccc(F)cc1Cl. The monoisotopic (exact) mass is 297 g/mol. The molecule has 2 nitrogen and oxygen atoms in total. The number of nitrogens with two attached hydrogens (primary N) is 1. The van der Waals surface area contributed by atoms with Crippen LogP contribution in [-0.4, -0.2) is 7.11 Å². The van der Waals surface area contributed by atoms with E-state index in [1.54, 1.807) is 18.2 Å². The second-order valence-corrected chi connectivity index (χ2v) is 4.81. The molecule has 0 aliphatic carbocycles. The molecule has 2 aromatic carbocycles. The molecule has 0 saturated carbocycles. The molecule has 1 unspecified atom stereocenters. The van der Waals surface area contributed by atoms with Gasteiger partial charge in [0.25, 0.3) is 0 Å². The van der Waals surface area contributed by atoms with Crippen molar-refractivity contribution in [2.75, 3.05) is 7.11 Å². The summed E-state index contributed by atoms with van der Waals surface area (Å²) in [6.45, 7) is 0. The van der Waals surface area contributed by atoms with Crippen LogP contribution in [0.2, 0.25) is 5.02 Å². The number of rotatable bonds is 4. The fraction of sp³-hybridized carbons (Fsp3) is 0.200. The number of halogens is 3. The number of hydrogen-bond donors (Lipinski definition) is 1. The van der Waals surface area contributed by atoms with E-state index in [9.17, 15) is 8.78 Å². The van der Waals surface area contributed by atoms with E-state index in [2.05, 4.69) is 0 Å². The van der Waals surface area contributed by atoms with E-state index >= 15 is 0 Å². The van der Waals surface area contributed by atoms with Crippen molar-refractivity contribution >= 4 is 11.6 Å². The minimum Gasteiger partial charge on any atom is -0.496 e. The Kier molecular flexibility index (Phi) is 4.57. The van der Waals surface area contributed by atoms with Crippen molar-refractivity contribution in [2.24, 2.45) is 5.73 Å². The maximum absolute atomic E-state index is 13.9. The van der Waals surface area contributed by atoms with Gasteiger partial charge in [-0.2, -0.15) is 0 Å². The van der Waals surface area contributed by atoms with Crippen LogP contribution in [0.5, 0.6) is 5.75 Å². The van der Waals surface area contributed by atoms with Gasteiger partial charge >= 0.3 is 0 Å². The maximum Gasteiger partial charge on any atom is 0.131 e. The average molecular weight is 298 g/mol. The van der Waals surface area contributed by atoms with Crippen LogP contribution in [-0.2, 0) is 6.42 Å². The molecule has 0 radical (unpaired) electrons. The fourth-order valence-electron chi connectivity index (χ4n) is 2.08. The molecule has 0 saturated heterocycles. The van der Waals surface area contributed by atoms with Gasteiger partial charge in [-0.05, 0) is 36.2 Å². The molecule has 1 atom stereocenters. The van der Waals surface area contributed by atoms with Gasteiger partial charge in [0.15, 0.2) is 0 Å². The lowest BCUT2D eigenvalue weighted by atomic mass is 9.98. The van der Waals surface area contributed by atoms with Crippen LogP contribution in [0, 0.1) is 11.6 Å². The van der Waals surface area contributed by atoms with Crippen molar-refractivity contribution in [1.82, 2.24) is 0 Å². The van der Waals surface area contributed by atoms with Gasteiger partial charge in [0.1, 0.15) is 17.4 Å². The van der Waals surface area contributed by atoms with Gasteiger partial charge in [-0.3, -0.25) is 0 Å². The molecule has 0 amide bonds. The maximum atomic E-state index is 13.9. The van der Waals surface area contributed by atoms with E-state index in [0.29, 0.717) is 11.3 Å². The van der Waals surface area contributed by atoms with Gasteiger partial charge in [0, 0.05) is 16.6 Å². The Morgan fingerprint density at radius 1 is 1.25 bits per heavy atom. The molecule has 0 aromatic heterocycles. The fourth-order valence-corrected chi connectivity index (χ4v) is 2.33. The number of ether oxygens (including phenoxy) is 1. The molecule has 0 heterocycles. The molecule has 0 aliphatic rings. The Morgan fingerprint density at radius 2 is 2.00 bits per heavy atom. The summed E-state index contributed by atoms with van der Waals surface area (Å²) in [6.07, 6.45) is 0.288. The third kappa shape index (κ3) is 3.08.